The van der Waals surface area contributed by atoms with Crippen molar-refractivity contribution in [2.45, 2.75) is 25.9 Å². The topological polar surface area (TPSA) is 55.3 Å². The van der Waals surface area contributed by atoms with Gasteiger partial charge in [-0.25, -0.2) is 4.98 Å². The number of amides is 1. The molecule has 3 rings (SSSR count). The predicted molar refractivity (Wildman–Crippen MR) is 80.6 cm³/mol. The summed E-state index contributed by atoms with van der Waals surface area (Å²) in [5.41, 5.74) is 0.342. The molecule has 7 heteroatoms. The van der Waals surface area contributed by atoms with E-state index in [1.807, 2.05) is 18.4 Å². The van der Waals surface area contributed by atoms with Crippen LogP contribution >= 0.6 is 11.3 Å². The van der Waals surface area contributed by atoms with Crippen molar-refractivity contribution in [2.24, 2.45) is 0 Å². The molecule has 1 aliphatic rings. The standard InChI is InChI=1S/C15H16FN3O2S/c1-2-11-13(16)14(18-9-17-11)21-10-5-6-19(8-10)15(20)12-4-3-7-22-12/h3-4,7,9-10H,2,5-6,8H2,1H3/t10-/m0/s1. The number of nitrogens with zero attached hydrogens (tertiary/aromatic N) is 3. The first-order valence-corrected chi connectivity index (χ1v) is 8.05. The summed E-state index contributed by atoms with van der Waals surface area (Å²) in [7, 11) is 0. The van der Waals surface area contributed by atoms with Crippen LogP contribution in [-0.2, 0) is 6.42 Å². The number of hydrogen-bond donors (Lipinski definition) is 0. The van der Waals surface area contributed by atoms with E-state index >= 15 is 0 Å². The molecule has 0 N–H and O–H groups in total. The first kappa shape index (κ1) is 14.9. The van der Waals surface area contributed by atoms with E-state index in [-0.39, 0.29) is 17.9 Å². The van der Waals surface area contributed by atoms with Crippen molar-refractivity contribution in [1.82, 2.24) is 14.9 Å². The average Bonchev–Trinajstić information content (AvgIpc) is 3.20. The van der Waals surface area contributed by atoms with Crippen LogP contribution in [0.5, 0.6) is 5.88 Å². The Bertz CT molecular complexity index is 663. The van der Waals surface area contributed by atoms with Crippen molar-refractivity contribution in [3.63, 3.8) is 0 Å². The van der Waals surface area contributed by atoms with Crippen molar-refractivity contribution in [1.29, 1.82) is 0 Å². The van der Waals surface area contributed by atoms with Crippen molar-refractivity contribution in [3.8, 4) is 5.88 Å². The summed E-state index contributed by atoms with van der Waals surface area (Å²) in [6.45, 7) is 2.88. The second-order valence-electron chi connectivity index (χ2n) is 5.05. The van der Waals surface area contributed by atoms with E-state index < -0.39 is 5.82 Å². The van der Waals surface area contributed by atoms with E-state index in [9.17, 15) is 9.18 Å². The second kappa shape index (κ2) is 6.39. The summed E-state index contributed by atoms with van der Waals surface area (Å²) < 4.78 is 19.7. The molecule has 2 aromatic heterocycles. The van der Waals surface area contributed by atoms with Gasteiger partial charge in [0.2, 0.25) is 5.82 Å². The molecule has 0 saturated carbocycles. The smallest absolute Gasteiger partial charge is 0.264 e. The molecule has 116 valence electrons. The summed E-state index contributed by atoms with van der Waals surface area (Å²) in [5.74, 6) is -0.534. The number of thiophene rings is 1. The van der Waals surface area contributed by atoms with Crippen molar-refractivity contribution < 1.29 is 13.9 Å². The normalized spacial score (nSPS) is 17.7. The Hall–Kier alpha value is -2.02. The van der Waals surface area contributed by atoms with Gasteiger partial charge in [0.1, 0.15) is 12.4 Å². The zero-order valence-corrected chi connectivity index (χ0v) is 13.0. The summed E-state index contributed by atoms with van der Waals surface area (Å²) in [4.78, 5) is 22.4. The molecule has 22 heavy (non-hydrogen) atoms. The van der Waals surface area contributed by atoms with E-state index in [2.05, 4.69) is 9.97 Å². The summed E-state index contributed by atoms with van der Waals surface area (Å²) in [5, 5.41) is 1.87. The highest BCUT2D eigenvalue weighted by Crippen LogP contribution is 2.22. The van der Waals surface area contributed by atoms with E-state index in [4.69, 9.17) is 4.74 Å². The fourth-order valence-electron chi connectivity index (χ4n) is 2.44. The van der Waals surface area contributed by atoms with Crippen LogP contribution in [0.2, 0.25) is 0 Å². The number of aryl methyl sites for hydroxylation is 1. The van der Waals surface area contributed by atoms with Gasteiger partial charge in [-0.1, -0.05) is 13.0 Å². The number of hydrogen-bond acceptors (Lipinski definition) is 5. The lowest BCUT2D eigenvalue weighted by Gasteiger charge is -2.16. The van der Waals surface area contributed by atoms with Gasteiger partial charge >= 0.3 is 0 Å². The molecule has 0 spiro atoms. The van der Waals surface area contributed by atoms with Crippen molar-refractivity contribution in [2.75, 3.05) is 13.1 Å². The Morgan fingerprint density at radius 3 is 3.14 bits per heavy atom. The fraction of sp³-hybridized carbons (Fsp3) is 0.400. The summed E-state index contributed by atoms with van der Waals surface area (Å²) >= 11 is 1.42. The highest BCUT2D eigenvalue weighted by atomic mass is 32.1. The molecule has 1 saturated heterocycles. The largest absolute Gasteiger partial charge is 0.470 e. The van der Waals surface area contributed by atoms with Crippen LogP contribution in [-0.4, -0.2) is 40.0 Å². The van der Waals surface area contributed by atoms with Crippen LogP contribution in [0.25, 0.3) is 0 Å². The molecule has 0 bridgehead atoms. The average molecular weight is 321 g/mol. The zero-order valence-electron chi connectivity index (χ0n) is 12.2. The second-order valence-corrected chi connectivity index (χ2v) is 6.00. The maximum Gasteiger partial charge on any atom is 0.264 e. The third kappa shape index (κ3) is 2.94. The van der Waals surface area contributed by atoms with E-state index in [1.165, 1.54) is 17.7 Å². The quantitative estimate of drug-likeness (QED) is 0.868. The maximum atomic E-state index is 14.1. The third-order valence-corrected chi connectivity index (χ3v) is 4.46. The van der Waals surface area contributed by atoms with Crippen LogP contribution < -0.4 is 4.74 Å². The Morgan fingerprint density at radius 2 is 2.41 bits per heavy atom. The van der Waals surface area contributed by atoms with E-state index in [1.54, 1.807) is 11.0 Å². The van der Waals surface area contributed by atoms with Gasteiger partial charge in [0.15, 0.2) is 0 Å². The molecule has 0 aromatic carbocycles. The minimum absolute atomic E-state index is 0.00138. The molecule has 1 atom stereocenters. The molecule has 0 aliphatic carbocycles. The van der Waals surface area contributed by atoms with Crippen LogP contribution in [0.4, 0.5) is 4.39 Å². The molecule has 5 nitrogen and oxygen atoms in total. The number of carbonyl (C=O) groups is 1. The number of aromatic nitrogens is 2. The molecule has 0 unspecified atom stereocenters. The predicted octanol–water partition coefficient (Wildman–Crippen LogP) is 2.53. The van der Waals surface area contributed by atoms with Gasteiger partial charge in [-0.2, -0.15) is 9.37 Å². The van der Waals surface area contributed by atoms with Crippen LogP contribution in [0.3, 0.4) is 0 Å². The van der Waals surface area contributed by atoms with Gasteiger partial charge in [0, 0.05) is 13.0 Å². The lowest BCUT2D eigenvalue weighted by Crippen LogP contribution is -2.30. The Labute approximate surface area is 131 Å². The lowest BCUT2D eigenvalue weighted by molar-refractivity contribution is 0.0774. The minimum atomic E-state index is -0.506. The summed E-state index contributed by atoms with van der Waals surface area (Å²) in [6.07, 6.45) is 2.22. The van der Waals surface area contributed by atoms with Gasteiger partial charge in [-0.05, 0) is 17.9 Å². The number of rotatable bonds is 4. The minimum Gasteiger partial charge on any atom is -0.470 e. The lowest BCUT2D eigenvalue weighted by atomic mass is 10.3. The Morgan fingerprint density at radius 1 is 1.55 bits per heavy atom. The van der Waals surface area contributed by atoms with E-state index in [0.29, 0.717) is 36.5 Å². The zero-order chi connectivity index (χ0) is 15.5. The van der Waals surface area contributed by atoms with Gasteiger partial charge in [0.05, 0.1) is 17.1 Å². The van der Waals surface area contributed by atoms with Crippen LogP contribution in [0, 0.1) is 5.82 Å². The van der Waals surface area contributed by atoms with Gasteiger partial charge in [-0.3, -0.25) is 4.79 Å². The van der Waals surface area contributed by atoms with Crippen LogP contribution in [0.15, 0.2) is 23.8 Å². The van der Waals surface area contributed by atoms with Crippen molar-refractivity contribution in [3.05, 3.63) is 40.2 Å². The first-order valence-electron chi connectivity index (χ1n) is 7.17. The highest BCUT2D eigenvalue weighted by Gasteiger charge is 2.29. The number of carbonyl (C=O) groups excluding carboxylic acids is 1. The first-order chi connectivity index (χ1) is 10.7. The number of halogens is 1. The Kier molecular flexibility index (Phi) is 4.33. The van der Waals surface area contributed by atoms with Crippen LogP contribution in [0.1, 0.15) is 28.7 Å². The summed E-state index contributed by atoms with van der Waals surface area (Å²) in [6, 6.07) is 3.66. The van der Waals surface area contributed by atoms with Gasteiger partial charge in [0.25, 0.3) is 11.8 Å². The maximum absolute atomic E-state index is 14.1. The molecule has 1 aliphatic heterocycles. The number of ether oxygens (including phenoxy) is 1. The third-order valence-electron chi connectivity index (χ3n) is 3.61. The van der Waals surface area contributed by atoms with Crippen molar-refractivity contribution >= 4 is 17.2 Å². The van der Waals surface area contributed by atoms with Gasteiger partial charge < -0.3 is 9.64 Å². The Balaban J connectivity index is 1.65. The molecular weight excluding hydrogens is 305 g/mol. The fourth-order valence-corrected chi connectivity index (χ4v) is 3.13. The molecule has 0 radical (unpaired) electrons. The monoisotopic (exact) mass is 321 g/mol. The number of likely N-dealkylation sites (tertiary alicyclic amines) is 1. The molecule has 1 amide bonds. The molecule has 1 fully saturated rings. The SMILES string of the molecule is CCc1ncnc(O[C@H]2CCN(C(=O)c3cccs3)C2)c1F. The highest BCUT2D eigenvalue weighted by molar-refractivity contribution is 7.12. The molecular formula is C15H16FN3O2S. The van der Waals surface area contributed by atoms with Gasteiger partial charge in [-0.15, -0.1) is 11.3 Å². The van der Waals surface area contributed by atoms with E-state index in [0.717, 1.165) is 0 Å². The molecule has 3 heterocycles. The molecule has 2 aromatic rings.